The number of rotatable bonds is 6. The van der Waals surface area contributed by atoms with Gasteiger partial charge in [-0.15, -0.1) is 0 Å². The van der Waals surface area contributed by atoms with Crippen molar-refractivity contribution in [1.29, 1.82) is 5.26 Å². The lowest BCUT2D eigenvalue weighted by Crippen LogP contribution is -2.00. The van der Waals surface area contributed by atoms with Gasteiger partial charge in [0.05, 0.1) is 18.2 Å². The van der Waals surface area contributed by atoms with Crippen molar-refractivity contribution >= 4 is 11.8 Å². The van der Waals surface area contributed by atoms with Crippen LogP contribution in [0, 0.1) is 11.3 Å². The summed E-state index contributed by atoms with van der Waals surface area (Å²) in [5, 5.41) is 8.99. The molecular formula is C16H15NOS. The summed E-state index contributed by atoms with van der Waals surface area (Å²) in [6, 6.07) is 19.8. The summed E-state index contributed by atoms with van der Waals surface area (Å²) in [5.74, 6) is 2.66. The van der Waals surface area contributed by atoms with E-state index < -0.39 is 0 Å². The second kappa shape index (κ2) is 7.50. The van der Waals surface area contributed by atoms with Crippen LogP contribution in [0.2, 0.25) is 0 Å². The molecule has 0 saturated carbocycles. The first-order valence-electron chi connectivity index (χ1n) is 6.14. The Labute approximate surface area is 118 Å². The average Bonchev–Trinajstić information content (AvgIpc) is 2.48. The zero-order valence-corrected chi connectivity index (χ0v) is 11.4. The first kappa shape index (κ1) is 13.5. The van der Waals surface area contributed by atoms with E-state index >= 15 is 0 Å². The van der Waals surface area contributed by atoms with E-state index in [2.05, 4.69) is 6.07 Å². The molecule has 0 bridgehead atoms. The van der Waals surface area contributed by atoms with E-state index in [1.807, 2.05) is 54.6 Å². The van der Waals surface area contributed by atoms with Crippen LogP contribution in [0.4, 0.5) is 0 Å². The molecule has 0 aliphatic rings. The highest BCUT2D eigenvalue weighted by molar-refractivity contribution is 7.98. The molecule has 0 aliphatic heterocycles. The molecule has 2 aromatic rings. The normalized spacial score (nSPS) is 9.84. The van der Waals surface area contributed by atoms with Gasteiger partial charge in [0.2, 0.25) is 0 Å². The third-order valence-corrected chi connectivity index (χ3v) is 3.61. The summed E-state index contributed by atoms with van der Waals surface area (Å²) in [7, 11) is 0. The van der Waals surface area contributed by atoms with Crippen molar-refractivity contribution in [2.24, 2.45) is 0 Å². The maximum atomic E-state index is 8.99. The topological polar surface area (TPSA) is 33.0 Å². The fraction of sp³-hybridized carbons (Fsp3) is 0.188. The summed E-state index contributed by atoms with van der Waals surface area (Å²) in [5.41, 5.74) is 1.86. The molecule has 19 heavy (non-hydrogen) atoms. The molecule has 2 nitrogen and oxygen atoms in total. The van der Waals surface area contributed by atoms with Gasteiger partial charge in [0.15, 0.2) is 0 Å². The Balaban J connectivity index is 1.71. The molecule has 0 heterocycles. The predicted octanol–water partition coefficient (Wildman–Crippen LogP) is 3.87. The van der Waals surface area contributed by atoms with Crippen molar-refractivity contribution in [1.82, 2.24) is 0 Å². The van der Waals surface area contributed by atoms with Gasteiger partial charge < -0.3 is 4.74 Å². The quantitative estimate of drug-likeness (QED) is 0.746. The van der Waals surface area contributed by atoms with E-state index in [0.29, 0.717) is 6.61 Å². The highest BCUT2D eigenvalue weighted by atomic mass is 32.2. The Bertz CT molecular complexity index is 548. The Morgan fingerprint density at radius 3 is 2.53 bits per heavy atom. The minimum Gasteiger partial charge on any atom is -0.493 e. The molecule has 0 unspecified atom stereocenters. The first-order chi connectivity index (χ1) is 9.40. The molecule has 3 heteroatoms. The van der Waals surface area contributed by atoms with E-state index in [1.165, 1.54) is 0 Å². The van der Waals surface area contributed by atoms with E-state index in [0.717, 1.165) is 28.4 Å². The third-order valence-electron chi connectivity index (χ3n) is 2.63. The van der Waals surface area contributed by atoms with Crippen LogP contribution in [-0.2, 0) is 5.75 Å². The van der Waals surface area contributed by atoms with Crippen LogP contribution in [0.1, 0.15) is 11.1 Å². The molecule has 96 valence electrons. The fourth-order valence-corrected chi connectivity index (χ4v) is 2.49. The lowest BCUT2D eigenvalue weighted by atomic mass is 10.1. The summed E-state index contributed by atoms with van der Waals surface area (Å²) >= 11 is 1.78. The molecule has 0 N–H and O–H groups in total. The first-order valence-corrected chi connectivity index (χ1v) is 7.29. The van der Waals surface area contributed by atoms with Gasteiger partial charge in [-0.25, -0.2) is 0 Å². The number of nitrogens with zero attached hydrogens (tertiary/aromatic N) is 1. The maximum absolute atomic E-state index is 8.99. The minimum atomic E-state index is 0.684. The van der Waals surface area contributed by atoms with Crippen molar-refractivity contribution in [3.8, 4) is 11.8 Å². The van der Waals surface area contributed by atoms with Crippen molar-refractivity contribution in [2.45, 2.75) is 5.75 Å². The third kappa shape index (κ3) is 4.35. The molecule has 2 rings (SSSR count). The number of benzene rings is 2. The molecule has 0 radical (unpaired) electrons. The van der Waals surface area contributed by atoms with Gasteiger partial charge in [0.25, 0.3) is 0 Å². The van der Waals surface area contributed by atoms with Crippen LogP contribution >= 0.6 is 11.8 Å². The van der Waals surface area contributed by atoms with E-state index in [9.17, 15) is 0 Å². The number of nitriles is 1. The smallest absolute Gasteiger partial charge is 0.119 e. The second-order valence-corrected chi connectivity index (χ2v) is 5.09. The van der Waals surface area contributed by atoms with Crippen molar-refractivity contribution in [2.75, 3.05) is 12.4 Å². The number of para-hydroxylation sites is 1. The van der Waals surface area contributed by atoms with Crippen LogP contribution in [0.5, 0.6) is 5.75 Å². The monoisotopic (exact) mass is 269 g/mol. The van der Waals surface area contributed by atoms with Crippen molar-refractivity contribution in [3.63, 3.8) is 0 Å². The molecule has 0 atom stereocenters. The predicted molar refractivity (Wildman–Crippen MR) is 79.3 cm³/mol. The van der Waals surface area contributed by atoms with Crippen LogP contribution in [0.15, 0.2) is 54.6 Å². The van der Waals surface area contributed by atoms with Crippen LogP contribution in [-0.4, -0.2) is 12.4 Å². The zero-order valence-electron chi connectivity index (χ0n) is 10.6. The molecule has 0 spiro atoms. The van der Waals surface area contributed by atoms with Gasteiger partial charge in [-0.1, -0.05) is 36.4 Å². The summed E-state index contributed by atoms with van der Waals surface area (Å²) in [6.45, 7) is 0.684. The van der Waals surface area contributed by atoms with Gasteiger partial charge in [-0.3, -0.25) is 0 Å². The standard InChI is InChI=1S/C16H15NOS/c17-12-14-6-4-5-7-15(14)13-19-11-10-18-16-8-2-1-3-9-16/h1-9H,10-11,13H2. The summed E-state index contributed by atoms with van der Waals surface area (Å²) in [6.07, 6.45) is 0. The van der Waals surface area contributed by atoms with E-state index in [1.54, 1.807) is 11.8 Å². The number of hydrogen-bond acceptors (Lipinski definition) is 3. The Morgan fingerprint density at radius 2 is 1.74 bits per heavy atom. The van der Waals surface area contributed by atoms with Crippen LogP contribution in [0.25, 0.3) is 0 Å². The van der Waals surface area contributed by atoms with Crippen molar-refractivity contribution < 1.29 is 4.74 Å². The second-order valence-electron chi connectivity index (χ2n) is 3.98. The summed E-state index contributed by atoms with van der Waals surface area (Å²) < 4.78 is 5.61. The fourth-order valence-electron chi connectivity index (χ4n) is 1.67. The largest absolute Gasteiger partial charge is 0.493 e. The zero-order chi connectivity index (χ0) is 13.3. The van der Waals surface area contributed by atoms with E-state index in [-0.39, 0.29) is 0 Å². The molecule has 0 amide bonds. The maximum Gasteiger partial charge on any atom is 0.119 e. The number of thioether (sulfide) groups is 1. The van der Waals surface area contributed by atoms with Crippen molar-refractivity contribution in [3.05, 3.63) is 65.7 Å². The van der Waals surface area contributed by atoms with Gasteiger partial charge in [-0.05, 0) is 23.8 Å². The SMILES string of the molecule is N#Cc1ccccc1CSCCOc1ccccc1. The average molecular weight is 269 g/mol. The molecular weight excluding hydrogens is 254 g/mol. The van der Waals surface area contributed by atoms with Gasteiger partial charge in [0.1, 0.15) is 5.75 Å². The van der Waals surface area contributed by atoms with Gasteiger partial charge in [-0.2, -0.15) is 17.0 Å². The lowest BCUT2D eigenvalue weighted by Gasteiger charge is -2.06. The molecule has 0 saturated heterocycles. The van der Waals surface area contributed by atoms with Crippen LogP contribution < -0.4 is 4.74 Å². The molecule has 0 aromatic heterocycles. The number of ether oxygens (including phenoxy) is 1. The van der Waals surface area contributed by atoms with Gasteiger partial charge in [0, 0.05) is 11.5 Å². The van der Waals surface area contributed by atoms with Crippen LogP contribution in [0.3, 0.4) is 0 Å². The number of hydrogen-bond donors (Lipinski definition) is 0. The Kier molecular flexibility index (Phi) is 5.33. The van der Waals surface area contributed by atoms with Gasteiger partial charge >= 0.3 is 0 Å². The Morgan fingerprint density at radius 1 is 1.00 bits per heavy atom. The highest BCUT2D eigenvalue weighted by Crippen LogP contribution is 2.16. The molecule has 0 fully saturated rings. The lowest BCUT2D eigenvalue weighted by molar-refractivity contribution is 0.344. The highest BCUT2D eigenvalue weighted by Gasteiger charge is 2.00. The molecule has 2 aromatic carbocycles. The minimum absolute atomic E-state index is 0.684. The molecule has 0 aliphatic carbocycles. The Hall–Kier alpha value is -1.92. The van der Waals surface area contributed by atoms with E-state index in [4.69, 9.17) is 10.00 Å². The summed E-state index contributed by atoms with van der Waals surface area (Å²) in [4.78, 5) is 0.